The van der Waals surface area contributed by atoms with Gasteiger partial charge in [-0.25, -0.2) is 0 Å². The Labute approximate surface area is 141 Å². The molecule has 0 heterocycles. The van der Waals surface area contributed by atoms with Crippen LogP contribution in [0.3, 0.4) is 0 Å². The van der Waals surface area contributed by atoms with Gasteiger partial charge < -0.3 is 9.84 Å². The summed E-state index contributed by atoms with van der Waals surface area (Å²) in [6.45, 7) is 0.514. The summed E-state index contributed by atoms with van der Waals surface area (Å²) in [5.41, 5.74) is 2.26. The summed E-state index contributed by atoms with van der Waals surface area (Å²) in [6, 6.07) is 22.4. The maximum atomic E-state index is 10.6. The number of benzene rings is 3. The van der Waals surface area contributed by atoms with Gasteiger partial charge in [0.05, 0.1) is 0 Å². The van der Waals surface area contributed by atoms with Crippen LogP contribution in [-0.2, 0) is 17.8 Å². The summed E-state index contributed by atoms with van der Waals surface area (Å²) in [4.78, 5) is 10.6. The van der Waals surface area contributed by atoms with Gasteiger partial charge in [0, 0.05) is 6.42 Å². The van der Waals surface area contributed by atoms with Crippen molar-refractivity contribution in [1.82, 2.24) is 0 Å². The van der Waals surface area contributed by atoms with Crippen LogP contribution in [-0.4, -0.2) is 11.1 Å². The molecule has 3 aromatic rings. The summed E-state index contributed by atoms with van der Waals surface area (Å²) in [6.07, 6.45) is 1.58. The number of hydrogen-bond donors (Lipinski definition) is 1. The van der Waals surface area contributed by atoms with Crippen LogP contribution in [0.2, 0.25) is 0 Å². The maximum Gasteiger partial charge on any atom is 0.303 e. The highest BCUT2D eigenvalue weighted by molar-refractivity contribution is 5.85. The molecular formula is C21H20O3. The SMILES string of the molecule is O=C(O)CCCc1cccc(OCc2cccc3ccccc23)c1. The molecular weight excluding hydrogens is 300 g/mol. The van der Waals surface area contributed by atoms with E-state index in [1.807, 2.05) is 42.5 Å². The number of rotatable bonds is 7. The van der Waals surface area contributed by atoms with E-state index in [9.17, 15) is 4.79 Å². The zero-order chi connectivity index (χ0) is 16.8. The average molecular weight is 320 g/mol. The average Bonchev–Trinajstić information content (AvgIpc) is 2.60. The Hall–Kier alpha value is -2.81. The highest BCUT2D eigenvalue weighted by Crippen LogP contribution is 2.21. The third-order valence-corrected chi connectivity index (χ3v) is 4.03. The number of fused-ring (bicyclic) bond motifs is 1. The van der Waals surface area contributed by atoms with Crippen LogP contribution in [0.4, 0.5) is 0 Å². The minimum atomic E-state index is -0.752. The Balaban J connectivity index is 1.67. The standard InChI is InChI=1S/C21H20O3/c22-21(23)13-4-7-16-6-3-11-19(14-16)24-15-18-10-5-9-17-8-1-2-12-20(17)18/h1-3,5-6,8-12,14H,4,7,13,15H2,(H,22,23). The number of carboxylic acids is 1. The van der Waals surface area contributed by atoms with Crippen molar-refractivity contribution in [1.29, 1.82) is 0 Å². The van der Waals surface area contributed by atoms with Gasteiger partial charge in [-0.05, 0) is 46.9 Å². The quantitative estimate of drug-likeness (QED) is 0.678. The van der Waals surface area contributed by atoms with E-state index in [1.54, 1.807) is 0 Å². The van der Waals surface area contributed by atoms with Gasteiger partial charge in [-0.15, -0.1) is 0 Å². The highest BCUT2D eigenvalue weighted by atomic mass is 16.5. The summed E-state index contributed by atoms with van der Waals surface area (Å²) < 4.78 is 5.95. The molecule has 0 aliphatic carbocycles. The molecule has 0 aliphatic rings. The van der Waals surface area contributed by atoms with Gasteiger partial charge in [0.25, 0.3) is 0 Å². The summed E-state index contributed by atoms with van der Waals surface area (Å²) >= 11 is 0. The minimum Gasteiger partial charge on any atom is -0.489 e. The Bertz CT molecular complexity index is 834. The second-order valence-corrected chi connectivity index (χ2v) is 5.82. The summed E-state index contributed by atoms with van der Waals surface area (Å²) in [5, 5.41) is 11.1. The van der Waals surface area contributed by atoms with E-state index < -0.39 is 5.97 Å². The van der Waals surface area contributed by atoms with Crippen molar-refractivity contribution < 1.29 is 14.6 Å². The number of carbonyl (C=O) groups is 1. The first-order chi connectivity index (χ1) is 11.7. The fraction of sp³-hybridized carbons (Fsp3) is 0.190. The van der Waals surface area contributed by atoms with Crippen LogP contribution in [0.15, 0.2) is 66.7 Å². The van der Waals surface area contributed by atoms with E-state index in [2.05, 4.69) is 24.3 Å². The molecule has 0 spiro atoms. The van der Waals surface area contributed by atoms with Crippen LogP contribution in [0, 0.1) is 0 Å². The first-order valence-electron chi connectivity index (χ1n) is 8.12. The number of aliphatic carboxylic acids is 1. The van der Waals surface area contributed by atoms with Gasteiger partial charge in [-0.1, -0.05) is 54.6 Å². The van der Waals surface area contributed by atoms with Gasteiger partial charge in [0.2, 0.25) is 0 Å². The molecule has 0 atom stereocenters. The second kappa shape index (κ2) is 7.64. The van der Waals surface area contributed by atoms with Gasteiger partial charge in [0.1, 0.15) is 12.4 Å². The molecule has 3 heteroatoms. The van der Waals surface area contributed by atoms with Crippen LogP contribution in [0.1, 0.15) is 24.0 Å². The molecule has 1 N–H and O–H groups in total. The van der Waals surface area contributed by atoms with Crippen molar-refractivity contribution in [3.05, 3.63) is 77.9 Å². The number of carboxylic acid groups (broad SMARTS) is 1. The van der Waals surface area contributed by atoms with Gasteiger partial charge in [-0.2, -0.15) is 0 Å². The van der Waals surface area contributed by atoms with E-state index >= 15 is 0 Å². The molecule has 0 radical (unpaired) electrons. The zero-order valence-corrected chi connectivity index (χ0v) is 13.4. The number of aryl methyl sites for hydroxylation is 1. The lowest BCUT2D eigenvalue weighted by molar-refractivity contribution is -0.137. The first-order valence-corrected chi connectivity index (χ1v) is 8.12. The first kappa shape index (κ1) is 16.1. The number of hydrogen-bond acceptors (Lipinski definition) is 2. The molecule has 0 unspecified atom stereocenters. The molecule has 0 fully saturated rings. The van der Waals surface area contributed by atoms with E-state index in [1.165, 1.54) is 10.8 Å². The fourth-order valence-electron chi connectivity index (χ4n) is 2.81. The van der Waals surface area contributed by atoms with Gasteiger partial charge in [0.15, 0.2) is 0 Å². The molecule has 3 aromatic carbocycles. The predicted molar refractivity (Wildman–Crippen MR) is 95.3 cm³/mol. The van der Waals surface area contributed by atoms with Gasteiger partial charge in [-0.3, -0.25) is 4.79 Å². The molecule has 0 amide bonds. The Kier molecular flexibility index (Phi) is 5.12. The van der Waals surface area contributed by atoms with E-state index in [0.29, 0.717) is 13.0 Å². The fourth-order valence-corrected chi connectivity index (χ4v) is 2.81. The number of ether oxygens (including phenoxy) is 1. The molecule has 0 aromatic heterocycles. The molecule has 122 valence electrons. The zero-order valence-electron chi connectivity index (χ0n) is 13.4. The van der Waals surface area contributed by atoms with E-state index in [0.717, 1.165) is 23.3 Å². The van der Waals surface area contributed by atoms with Crippen molar-refractivity contribution in [2.45, 2.75) is 25.9 Å². The Morgan fingerprint density at radius 1 is 0.958 bits per heavy atom. The van der Waals surface area contributed by atoms with Crippen molar-refractivity contribution in [3.63, 3.8) is 0 Å². The monoisotopic (exact) mass is 320 g/mol. The molecule has 0 saturated heterocycles. The molecule has 3 nitrogen and oxygen atoms in total. The highest BCUT2D eigenvalue weighted by Gasteiger charge is 2.03. The molecule has 3 rings (SSSR count). The third-order valence-electron chi connectivity index (χ3n) is 4.03. The minimum absolute atomic E-state index is 0.196. The molecule has 24 heavy (non-hydrogen) atoms. The smallest absolute Gasteiger partial charge is 0.303 e. The Morgan fingerprint density at radius 2 is 1.75 bits per heavy atom. The normalized spacial score (nSPS) is 10.7. The lowest BCUT2D eigenvalue weighted by Gasteiger charge is -2.10. The van der Waals surface area contributed by atoms with Crippen molar-refractivity contribution in [2.24, 2.45) is 0 Å². The van der Waals surface area contributed by atoms with Crippen molar-refractivity contribution in [3.8, 4) is 5.75 Å². The summed E-state index contributed by atoms with van der Waals surface area (Å²) in [5.74, 6) is 0.0640. The lowest BCUT2D eigenvalue weighted by atomic mass is 10.1. The van der Waals surface area contributed by atoms with Crippen molar-refractivity contribution in [2.75, 3.05) is 0 Å². The maximum absolute atomic E-state index is 10.6. The van der Waals surface area contributed by atoms with Crippen LogP contribution < -0.4 is 4.74 Å². The predicted octanol–water partition coefficient (Wildman–Crippen LogP) is 4.83. The summed E-state index contributed by atoms with van der Waals surface area (Å²) in [7, 11) is 0. The third kappa shape index (κ3) is 4.13. The van der Waals surface area contributed by atoms with Gasteiger partial charge >= 0.3 is 5.97 Å². The topological polar surface area (TPSA) is 46.5 Å². The second-order valence-electron chi connectivity index (χ2n) is 5.82. The van der Waals surface area contributed by atoms with Crippen LogP contribution in [0.5, 0.6) is 5.75 Å². The molecule has 0 bridgehead atoms. The lowest BCUT2D eigenvalue weighted by Crippen LogP contribution is -1.98. The van der Waals surface area contributed by atoms with Crippen molar-refractivity contribution >= 4 is 16.7 Å². The Morgan fingerprint density at radius 3 is 2.62 bits per heavy atom. The van der Waals surface area contributed by atoms with Crippen LogP contribution >= 0.6 is 0 Å². The largest absolute Gasteiger partial charge is 0.489 e. The van der Waals surface area contributed by atoms with E-state index in [-0.39, 0.29) is 6.42 Å². The van der Waals surface area contributed by atoms with E-state index in [4.69, 9.17) is 9.84 Å². The molecule has 0 saturated carbocycles. The van der Waals surface area contributed by atoms with Crippen LogP contribution in [0.25, 0.3) is 10.8 Å². The molecule has 0 aliphatic heterocycles.